The zero-order chi connectivity index (χ0) is 11.6. The van der Waals surface area contributed by atoms with Crippen molar-refractivity contribution in [3.8, 4) is 0 Å². The van der Waals surface area contributed by atoms with Gasteiger partial charge in [0.25, 0.3) is 0 Å². The minimum absolute atomic E-state index is 0.351. The van der Waals surface area contributed by atoms with Crippen LogP contribution in [0.5, 0.6) is 0 Å². The summed E-state index contributed by atoms with van der Waals surface area (Å²) in [6.45, 7) is 0. The van der Waals surface area contributed by atoms with E-state index in [0.29, 0.717) is 9.79 Å². The maximum absolute atomic E-state index is 12.3. The second-order valence-electron chi connectivity index (χ2n) is 3.12. The molecule has 1 aromatic heterocycles. The summed E-state index contributed by atoms with van der Waals surface area (Å²) in [5, 5.41) is 3.55. The number of benzene rings is 1. The van der Waals surface area contributed by atoms with E-state index in [1.54, 1.807) is 29.6 Å². The van der Waals surface area contributed by atoms with Gasteiger partial charge < -0.3 is 0 Å². The standard InChI is InChI=1S/C11H10O2S3/c1-14-10-7-15-8-11(10)16(12,13)9-5-3-2-4-6-9/h2-8H,1H3. The summed E-state index contributed by atoms with van der Waals surface area (Å²) < 4.78 is 24.5. The van der Waals surface area contributed by atoms with Crippen molar-refractivity contribution in [3.05, 3.63) is 41.1 Å². The third kappa shape index (κ3) is 2.03. The van der Waals surface area contributed by atoms with E-state index < -0.39 is 9.84 Å². The molecule has 2 aromatic rings. The summed E-state index contributed by atoms with van der Waals surface area (Å²) in [5.74, 6) is 0. The van der Waals surface area contributed by atoms with Crippen LogP contribution in [-0.2, 0) is 9.84 Å². The fourth-order valence-corrected chi connectivity index (χ4v) is 5.22. The van der Waals surface area contributed by atoms with Crippen molar-refractivity contribution in [1.82, 2.24) is 0 Å². The van der Waals surface area contributed by atoms with Crippen molar-refractivity contribution in [2.75, 3.05) is 6.26 Å². The van der Waals surface area contributed by atoms with Crippen LogP contribution < -0.4 is 0 Å². The molecule has 0 bridgehead atoms. The third-order valence-electron chi connectivity index (χ3n) is 2.16. The first-order valence-electron chi connectivity index (χ1n) is 4.56. The van der Waals surface area contributed by atoms with Crippen molar-refractivity contribution in [3.63, 3.8) is 0 Å². The highest BCUT2D eigenvalue weighted by Crippen LogP contribution is 2.32. The van der Waals surface area contributed by atoms with Gasteiger partial charge in [-0.2, -0.15) is 0 Å². The van der Waals surface area contributed by atoms with Crippen molar-refractivity contribution < 1.29 is 8.42 Å². The lowest BCUT2D eigenvalue weighted by molar-refractivity contribution is 0.594. The molecule has 0 radical (unpaired) electrons. The largest absolute Gasteiger partial charge is 0.218 e. The number of thiophene rings is 1. The Hall–Kier alpha value is -0.780. The molecule has 84 valence electrons. The summed E-state index contributed by atoms with van der Waals surface area (Å²) in [7, 11) is -3.35. The lowest BCUT2D eigenvalue weighted by Gasteiger charge is -2.03. The molecule has 0 amide bonds. The first-order chi connectivity index (χ1) is 7.66. The van der Waals surface area contributed by atoms with Crippen LogP contribution >= 0.6 is 23.1 Å². The molecule has 0 unspecified atom stereocenters. The van der Waals surface area contributed by atoms with Crippen LogP contribution in [0.4, 0.5) is 0 Å². The van der Waals surface area contributed by atoms with E-state index in [0.717, 1.165) is 4.90 Å². The lowest BCUT2D eigenvalue weighted by atomic mass is 10.4. The first kappa shape index (κ1) is 11.7. The Morgan fingerprint density at radius 3 is 2.44 bits per heavy atom. The molecule has 2 rings (SSSR count). The molecule has 1 heterocycles. The van der Waals surface area contributed by atoms with E-state index in [1.807, 2.05) is 17.7 Å². The Kier molecular flexibility index (Phi) is 3.37. The van der Waals surface area contributed by atoms with E-state index in [-0.39, 0.29) is 0 Å². The predicted molar refractivity (Wildman–Crippen MR) is 68.0 cm³/mol. The number of hydrogen-bond acceptors (Lipinski definition) is 4. The van der Waals surface area contributed by atoms with Gasteiger partial charge in [0.2, 0.25) is 9.84 Å². The molecule has 0 saturated heterocycles. The topological polar surface area (TPSA) is 34.1 Å². The molecular weight excluding hydrogens is 260 g/mol. The van der Waals surface area contributed by atoms with Crippen LogP contribution in [0.3, 0.4) is 0 Å². The van der Waals surface area contributed by atoms with Crippen LogP contribution in [0, 0.1) is 0 Å². The Morgan fingerprint density at radius 1 is 1.12 bits per heavy atom. The number of rotatable bonds is 3. The fraction of sp³-hybridized carbons (Fsp3) is 0.0909. The Balaban J connectivity index is 2.56. The summed E-state index contributed by atoms with van der Waals surface area (Å²) in [6.07, 6.45) is 1.88. The van der Waals surface area contributed by atoms with Crippen molar-refractivity contribution >= 4 is 32.9 Å². The van der Waals surface area contributed by atoms with Gasteiger partial charge in [0.15, 0.2) is 0 Å². The molecule has 0 saturated carbocycles. The van der Waals surface area contributed by atoms with Gasteiger partial charge >= 0.3 is 0 Å². The zero-order valence-electron chi connectivity index (χ0n) is 8.58. The van der Waals surface area contributed by atoms with Gasteiger partial charge in [-0.3, -0.25) is 0 Å². The summed E-state index contributed by atoms with van der Waals surface area (Å²) in [4.78, 5) is 1.58. The van der Waals surface area contributed by atoms with Crippen LogP contribution in [0.2, 0.25) is 0 Å². The van der Waals surface area contributed by atoms with Gasteiger partial charge in [-0.05, 0) is 18.4 Å². The molecule has 0 aliphatic carbocycles. The van der Waals surface area contributed by atoms with E-state index in [9.17, 15) is 8.42 Å². The monoisotopic (exact) mass is 270 g/mol. The summed E-state index contributed by atoms with van der Waals surface area (Å²) in [5.41, 5.74) is 0. The molecule has 5 heteroatoms. The van der Waals surface area contributed by atoms with Gasteiger partial charge in [0.1, 0.15) is 0 Å². The van der Waals surface area contributed by atoms with E-state index >= 15 is 0 Å². The van der Waals surface area contributed by atoms with Gasteiger partial charge in [0.05, 0.1) is 9.79 Å². The molecule has 0 aliphatic heterocycles. The molecule has 0 atom stereocenters. The molecule has 2 nitrogen and oxygen atoms in total. The van der Waals surface area contributed by atoms with Gasteiger partial charge in [-0.15, -0.1) is 23.1 Å². The quantitative estimate of drug-likeness (QED) is 0.803. The highest BCUT2D eigenvalue weighted by atomic mass is 32.2. The average molecular weight is 270 g/mol. The molecule has 0 spiro atoms. The van der Waals surface area contributed by atoms with Crippen molar-refractivity contribution in [2.45, 2.75) is 14.7 Å². The van der Waals surface area contributed by atoms with E-state index in [4.69, 9.17) is 0 Å². The highest BCUT2D eigenvalue weighted by molar-refractivity contribution is 7.99. The minimum Gasteiger partial charge on any atom is -0.218 e. The van der Waals surface area contributed by atoms with Gasteiger partial charge in [-0.1, -0.05) is 18.2 Å². The molecule has 0 aliphatic rings. The second kappa shape index (κ2) is 4.61. The molecule has 16 heavy (non-hydrogen) atoms. The van der Waals surface area contributed by atoms with Crippen LogP contribution in [0.1, 0.15) is 0 Å². The smallest absolute Gasteiger partial charge is 0.208 e. The number of thioether (sulfide) groups is 1. The summed E-state index contributed by atoms with van der Waals surface area (Å²) in [6, 6.07) is 8.52. The van der Waals surface area contributed by atoms with E-state index in [1.165, 1.54) is 23.1 Å². The Bertz CT molecular complexity index is 570. The van der Waals surface area contributed by atoms with Crippen molar-refractivity contribution in [1.29, 1.82) is 0 Å². The summed E-state index contributed by atoms with van der Waals surface area (Å²) >= 11 is 2.87. The second-order valence-corrected chi connectivity index (χ2v) is 6.63. The van der Waals surface area contributed by atoms with Gasteiger partial charge in [0, 0.05) is 15.7 Å². The number of sulfone groups is 1. The van der Waals surface area contributed by atoms with E-state index in [2.05, 4.69) is 0 Å². The Morgan fingerprint density at radius 2 is 1.81 bits per heavy atom. The first-order valence-corrected chi connectivity index (χ1v) is 8.21. The van der Waals surface area contributed by atoms with Crippen LogP contribution in [0.25, 0.3) is 0 Å². The molecular formula is C11H10O2S3. The van der Waals surface area contributed by atoms with Crippen molar-refractivity contribution in [2.24, 2.45) is 0 Å². The number of hydrogen-bond donors (Lipinski definition) is 0. The SMILES string of the molecule is CSc1cscc1S(=O)(=O)c1ccccc1. The maximum atomic E-state index is 12.3. The third-order valence-corrected chi connectivity index (χ3v) is 5.91. The average Bonchev–Trinajstić information content (AvgIpc) is 2.79. The minimum atomic E-state index is -3.35. The fourth-order valence-electron chi connectivity index (χ4n) is 1.34. The van der Waals surface area contributed by atoms with Crippen LogP contribution in [0.15, 0.2) is 55.8 Å². The lowest BCUT2D eigenvalue weighted by Crippen LogP contribution is -2.01. The normalized spacial score (nSPS) is 11.6. The molecule has 0 N–H and O–H groups in total. The molecule has 1 aromatic carbocycles. The highest BCUT2D eigenvalue weighted by Gasteiger charge is 2.21. The molecule has 0 fully saturated rings. The maximum Gasteiger partial charge on any atom is 0.208 e. The Labute approximate surface area is 103 Å². The van der Waals surface area contributed by atoms with Gasteiger partial charge in [-0.25, -0.2) is 8.42 Å². The van der Waals surface area contributed by atoms with Crippen LogP contribution in [-0.4, -0.2) is 14.7 Å². The zero-order valence-corrected chi connectivity index (χ0v) is 11.0. The predicted octanol–water partition coefficient (Wildman–Crippen LogP) is 3.30.